The molecular weight excluding hydrogens is 250 g/mol. The summed E-state index contributed by atoms with van der Waals surface area (Å²) in [7, 11) is 2.03. The quantitative estimate of drug-likeness (QED) is 0.861. The minimum atomic E-state index is -0.384. The first-order valence-corrected chi connectivity index (χ1v) is 7.34. The third kappa shape index (κ3) is 3.12. The molecule has 4 nitrogen and oxygen atoms in total. The second kappa shape index (κ2) is 6.27. The van der Waals surface area contributed by atoms with Gasteiger partial charge in [0.2, 0.25) is 5.91 Å². The number of para-hydroxylation sites is 1. The van der Waals surface area contributed by atoms with Gasteiger partial charge in [0.05, 0.1) is 5.41 Å². The zero-order chi connectivity index (χ0) is 14.6. The fraction of sp³-hybridized carbons (Fsp3) is 0.562. The van der Waals surface area contributed by atoms with Gasteiger partial charge in [-0.1, -0.05) is 24.6 Å². The van der Waals surface area contributed by atoms with E-state index in [-0.39, 0.29) is 17.4 Å². The van der Waals surface area contributed by atoms with E-state index in [1.165, 1.54) is 0 Å². The first-order chi connectivity index (χ1) is 9.54. The summed E-state index contributed by atoms with van der Waals surface area (Å²) in [6.45, 7) is 3.43. The molecule has 1 saturated carbocycles. The highest BCUT2D eigenvalue weighted by Gasteiger charge is 2.42. The van der Waals surface area contributed by atoms with Gasteiger partial charge in [-0.25, -0.2) is 0 Å². The molecule has 4 heteroatoms. The van der Waals surface area contributed by atoms with E-state index in [4.69, 9.17) is 5.73 Å². The summed E-state index contributed by atoms with van der Waals surface area (Å²) in [6.07, 6.45) is 2.90. The van der Waals surface area contributed by atoms with E-state index in [1.807, 2.05) is 32.2 Å². The van der Waals surface area contributed by atoms with Crippen LogP contribution in [-0.4, -0.2) is 32.1 Å². The van der Waals surface area contributed by atoms with Crippen molar-refractivity contribution >= 4 is 11.6 Å². The summed E-state index contributed by atoms with van der Waals surface area (Å²) in [4.78, 5) is 14.4. The molecule has 1 aromatic rings. The first kappa shape index (κ1) is 14.9. The second-order valence-corrected chi connectivity index (χ2v) is 5.93. The Bertz CT molecular complexity index is 448. The predicted octanol–water partition coefficient (Wildman–Crippen LogP) is 1.76. The highest BCUT2D eigenvalue weighted by Crippen LogP contribution is 2.36. The lowest BCUT2D eigenvalue weighted by molar-refractivity contribution is -0.130. The van der Waals surface area contributed by atoms with Crippen molar-refractivity contribution in [2.45, 2.75) is 32.2 Å². The topological polar surface area (TPSA) is 58.4 Å². The van der Waals surface area contributed by atoms with Crippen LogP contribution in [0, 0.1) is 5.41 Å². The van der Waals surface area contributed by atoms with E-state index in [0.717, 1.165) is 31.5 Å². The van der Waals surface area contributed by atoms with Crippen molar-refractivity contribution in [3.05, 3.63) is 30.3 Å². The number of amides is 1. The summed E-state index contributed by atoms with van der Waals surface area (Å²) in [5.74, 6) is 0.101. The number of nitrogens with one attached hydrogen (secondary N) is 1. The van der Waals surface area contributed by atoms with Crippen molar-refractivity contribution in [1.82, 2.24) is 5.32 Å². The maximum absolute atomic E-state index is 12.3. The van der Waals surface area contributed by atoms with Gasteiger partial charge in [-0.2, -0.15) is 0 Å². The van der Waals surface area contributed by atoms with E-state index in [2.05, 4.69) is 22.3 Å². The Morgan fingerprint density at radius 2 is 2.15 bits per heavy atom. The summed E-state index contributed by atoms with van der Waals surface area (Å²) < 4.78 is 0. The van der Waals surface area contributed by atoms with Crippen LogP contribution in [0.4, 0.5) is 5.69 Å². The highest BCUT2D eigenvalue weighted by molar-refractivity contribution is 5.83. The molecule has 20 heavy (non-hydrogen) atoms. The molecule has 2 unspecified atom stereocenters. The molecule has 0 heterocycles. The van der Waals surface area contributed by atoms with Crippen LogP contribution in [0.2, 0.25) is 0 Å². The van der Waals surface area contributed by atoms with Crippen LogP contribution in [0.15, 0.2) is 30.3 Å². The number of anilines is 1. The van der Waals surface area contributed by atoms with Gasteiger partial charge in [0.1, 0.15) is 0 Å². The molecule has 0 bridgehead atoms. The van der Waals surface area contributed by atoms with Gasteiger partial charge in [0.15, 0.2) is 0 Å². The van der Waals surface area contributed by atoms with Gasteiger partial charge in [-0.3, -0.25) is 4.79 Å². The number of carbonyl (C=O) groups is 1. The normalized spacial score (nSPS) is 25.4. The largest absolute Gasteiger partial charge is 0.373 e. The molecule has 110 valence electrons. The van der Waals surface area contributed by atoms with Crippen molar-refractivity contribution in [2.24, 2.45) is 11.1 Å². The highest BCUT2D eigenvalue weighted by atomic mass is 16.2. The Morgan fingerprint density at radius 1 is 1.45 bits per heavy atom. The van der Waals surface area contributed by atoms with E-state index in [9.17, 15) is 4.79 Å². The summed E-state index contributed by atoms with van der Waals surface area (Å²) in [6, 6.07) is 10.2. The average Bonchev–Trinajstić information content (AvgIpc) is 2.80. The van der Waals surface area contributed by atoms with Crippen molar-refractivity contribution in [3.63, 3.8) is 0 Å². The number of likely N-dealkylation sites (N-methyl/N-ethyl adjacent to an activating group) is 1. The molecule has 1 aliphatic rings. The first-order valence-electron chi connectivity index (χ1n) is 7.34. The molecule has 0 aromatic heterocycles. The van der Waals surface area contributed by atoms with Crippen LogP contribution >= 0.6 is 0 Å². The lowest BCUT2D eigenvalue weighted by Crippen LogP contribution is -2.48. The van der Waals surface area contributed by atoms with Crippen LogP contribution in [0.25, 0.3) is 0 Å². The molecule has 0 radical (unpaired) electrons. The lowest BCUT2D eigenvalue weighted by Gasteiger charge is -2.28. The summed E-state index contributed by atoms with van der Waals surface area (Å²) in [5.41, 5.74) is 6.84. The van der Waals surface area contributed by atoms with Crippen molar-refractivity contribution in [3.8, 4) is 0 Å². The van der Waals surface area contributed by atoms with Crippen LogP contribution in [-0.2, 0) is 4.79 Å². The summed E-state index contributed by atoms with van der Waals surface area (Å²) in [5, 5.41) is 3.04. The number of hydrogen-bond acceptors (Lipinski definition) is 3. The molecule has 1 fully saturated rings. The molecule has 2 atom stereocenters. The SMILES string of the molecule is CN(CCNC(=O)C1(C)CCCC1N)c1ccccc1. The van der Waals surface area contributed by atoms with Crippen molar-refractivity contribution in [1.29, 1.82) is 0 Å². The van der Waals surface area contributed by atoms with Gasteiger partial charge in [-0.15, -0.1) is 0 Å². The minimum Gasteiger partial charge on any atom is -0.373 e. The van der Waals surface area contributed by atoms with E-state index in [1.54, 1.807) is 0 Å². The minimum absolute atomic E-state index is 0.00523. The number of rotatable bonds is 5. The smallest absolute Gasteiger partial charge is 0.227 e. The Labute approximate surface area is 121 Å². The number of nitrogens with zero attached hydrogens (tertiary/aromatic N) is 1. The molecule has 0 saturated heterocycles. The van der Waals surface area contributed by atoms with Gasteiger partial charge in [0.25, 0.3) is 0 Å². The van der Waals surface area contributed by atoms with Crippen molar-refractivity contribution < 1.29 is 4.79 Å². The molecule has 0 spiro atoms. The van der Waals surface area contributed by atoms with Crippen LogP contribution in [0.3, 0.4) is 0 Å². The zero-order valence-corrected chi connectivity index (χ0v) is 12.4. The molecule has 1 amide bonds. The van der Waals surface area contributed by atoms with Gasteiger partial charge < -0.3 is 16.0 Å². The number of hydrogen-bond donors (Lipinski definition) is 2. The molecular formula is C16H25N3O. The Balaban J connectivity index is 1.80. The molecule has 1 aromatic carbocycles. The van der Waals surface area contributed by atoms with Crippen LogP contribution < -0.4 is 16.0 Å². The molecule has 2 rings (SSSR count). The number of nitrogens with two attached hydrogens (primary N) is 1. The number of carbonyl (C=O) groups excluding carboxylic acids is 1. The maximum atomic E-state index is 12.3. The van der Waals surface area contributed by atoms with Gasteiger partial charge in [-0.05, 0) is 31.9 Å². The second-order valence-electron chi connectivity index (χ2n) is 5.93. The standard InChI is InChI=1S/C16H25N3O/c1-16(10-6-9-14(16)17)15(20)18-11-12-19(2)13-7-4-3-5-8-13/h3-5,7-8,14H,6,9-12,17H2,1-2H3,(H,18,20). The average molecular weight is 275 g/mol. The third-order valence-electron chi connectivity index (χ3n) is 4.48. The van der Waals surface area contributed by atoms with Crippen molar-refractivity contribution in [2.75, 3.05) is 25.0 Å². The zero-order valence-electron chi connectivity index (χ0n) is 12.4. The fourth-order valence-electron chi connectivity index (χ4n) is 2.83. The van der Waals surface area contributed by atoms with E-state index in [0.29, 0.717) is 6.54 Å². The van der Waals surface area contributed by atoms with Crippen LogP contribution in [0.5, 0.6) is 0 Å². The Hall–Kier alpha value is -1.55. The van der Waals surface area contributed by atoms with E-state index >= 15 is 0 Å². The molecule has 0 aliphatic heterocycles. The predicted molar refractivity (Wildman–Crippen MR) is 82.7 cm³/mol. The molecule has 1 aliphatic carbocycles. The molecule has 3 N–H and O–H groups in total. The lowest BCUT2D eigenvalue weighted by atomic mass is 9.84. The van der Waals surface area contributed by atoms with Gasteiger partial charge in [0, 0.05) is 31.9 Å². The third-order valence-corrected chi connectivity index (χ3v) is 4.48. The van der Waals surface area contributed by atoms with Crippen LogP contribution in [0.1, 0.15) is 26.2 Å². The monoisotopic (exact) mass is 275 g/mol. The Morgan fingerprint density at radius 3 is 2.75 bits per heavy atom. The number of benzene rings is 1. The maximum Gasteiger partial charge on any atom is 0.227 e. The van der Waals surface area contributed by atoms with E-state index < -0.39 is 0 Å². The summed E-state index contributed by atoms with van der Waals surface area (Å²) >= 11 is 0. The van der Waals surface area contributed by atoms with Gasteiger partial charge >= 0.3 is 0 Å². The Kier molecular flexibility index (Phi) is 4.65. The fourth-order valence-corrected chi connectivity index (χ4v) is 2.83.